The van der Waals surface area contributed by atoms with E-state index in [0.29, 0.717) is 0 Å². The van der Waals surface area contributed by atoms with Crippen LogP contribution >= 0.6 is 12.4 Å². The molecule has 1 aromatic carbocycles. The third kappa shape index (κ3) is 6.35. The molecule has 0 fully saturated rings. The van der Waals surface area contributed by atoms with Gasteiger partial charge in [-0.2, -0.15) is 0 Å². The lowest BCUT2D eigenvalue weighted by molar-refractivity contribution is -0.119. The fourth-order valence-corrected chi connectivity index (χ4v) is 3.26. The summed E-state index contributed by atoms with van der Waals surface area (Å²) in [6, 6.07) is 3.04. The molecule has 6 nitrogen and oxygen atoms in total. The van der Waals surface area contributed by atoms with Gasteiger partial charge in [-0.25, -0.2) is 17.5 Å². The first-order chi connectivity index (χ1) is 10.3. The summed E-state index contributed by atoms with van der Waals surface area (Å²) in [6.07, 6.45) is 0. The van der Waals surface area contributed by atoms with Crippen LogP contribution in [0.1, 0.15) is 34.6 Å². The van der Waals surface area contributed by atoms with Crippen molar-refractivity contribution in [3.63, 3.8) is 0 Å². The van der Waals surface area contributed by atoms with Crippen molar-refractivity contribution >= 4 is 34.0 Å². The number of rotatable bonds is 5. The van der Waals surface area contributed by atoms with E-state index < -0.39 is 32.2 Å². The number of benzene rings is 1. The van der Waals surface area contributed by atoms with Gasteiger partial charge in [0, 0.05) is 17.3 Å². The van der Waals surface area contributed by atoms with Gasteiger partial charge in [-0.3, -0.25) is 4.79 Å². The number of amides is 1. The zero-order valence-corrected chi connectivity index (χ0v) is 16.0. The lowest BCUT2D eigenvalue weighted by Gasteiger charge is -2.21. The molecule has 0 heterocycles. The molecule has 24 heavy (non-hydrogen) atoms. The number of carbonyl (C=O) groups is 1. The van der Waals surface area contributed by atoms with E-state index in [0.717, 1.165) is 12.1 Å². The van der Waals surface area contributed by atoms with Crippen molar-refractivity contribution in [1.82, 2.24) is 4.72 Å². The van der Waals surface area contributed by atoms with E-state index >= 15 is 0 Å². The zero-order chi connectivity index (χ0) is 18.0. The molecule has 0 bridgehead atoms. The van der Waals surface area contributed by atoms with Crippen LogP contribution in [-0.4, -0.2) is 25.9 Å². The lowest BCUT2D eigenvalue weighted by Crippen LogP contribution is -2.40. The topological polar surface area (TPSA) is 101 Å². The van der Waals surface area contributed by atoms with Gasteiger partial charge < -0.3 is 11.1 Å². The van der Waals surface area contributed by atoms with E-state index in [1.54, 1.807) is 34.6 Å². The Morgan fingerprint density at radius 1 is 1.25 bits per heavy atom. The molecular formula is C15H25ClFN3O3S. The summed E-state index contributed by atoms with van der Waals surface area (Å²) < 4.78 is 40.8. The maximum absolute atomic E-state index is 13.9. The molecule has 0 saturated carbocycles. The van der Waals surface area contributed by atoms with Crippen LogP contribution in [-0.2, 0) is 14.8 Å². The van der Waals surface area contributed by atoms with Crippen molar-refractivity contribution in [2.75, 3.05) is 5.32 Å². The van der Waals surface area contributed by atoms with Gasteiger partial charge in [0.25, 0.3) is 0 Å². The highest BCUT2D eigenvalue weighted by atomic mass is 35.5. The second kappa shape index (κ2) is 8.24. The molecule has 1 rings (SSSR count). The zero-order valence-electron chi connectivity index (χ0n) is 14.4. The molecule has 0 aliphatic carbocycles. The number of carbonyl (C=O) groups excluding carboxylic acids is 1. The largest absolute Gasteiger partial charge is 0.327 e. The van der Waals surface area contributed by atoms with Gasteiger partial charge in [-0.05, 0) is 45.9 Å². The maximum atomic E-state index is 13.9. The number of anilines is 1. The Balaban J connectivity index is 0.00000529. The Morgan fingerprint density at radius 3 is 2.25 bits per heavy atom. The second-order valence-corrected chi connectivity index (χ2v) is 8.29. The summed E-state index contributed by atoms with van der Waals surface area (Å²) >= 11 is 0. The molecule has 1 aromatic rings. The molecule has 9 heteroatoms. The molecule has 0 radical (unpaired) electrons. The third-order valence-corrected chi connectivity index (χ3v) is 4.90. The number of hydrogen-bond acceptors (Lipinski definition) is 4. The van der Waals surface area contributed by atoms with Crippen molar-refractivity contribution < 1.29 is 17.6 Å². The van der Waals surface area contributed by atoms with Crippen LogP contribution in [0.5, 0.6) is 0 Å². The summed E-state index contributed by atoms with van der Waals surface area (Å²) in [5.74, 6) is -1.72. The lowest BCUT2D eigenvalue weighted by atomic mass is 10.0. The van der Waals surface area contributed by atoms with Crippen molar-refractivity contribution in [3.8, 4) is 0 Å². The molecule has 0 aliphatic heterocycles. The van der Waals surface area contributed by atoms with Crippen LogP contribution in [0, 0.1) is 11.7 Å². The highest BCUT2D eigenvalue weighted by Crippen LogP contribution is 2.21. The minimum Gasteiger partial charge on any atom is -0.327 e. The maximum Gasteiger partial charge on any atom is 0.244 e. The smallest absolute Gasteiger partial charge is 0.244 e. The first kappa shape index (κ1) is 22.8. The standard InChI is InChI=1S/C15H24FN3O3S.ClH/c1-9(10(2)17)14(20)18-11-6-7-12(16)13(8-11)23(21,22)19-15(3,4)5;/h6-10,19H,17H2,1-5H3,(H,18,20);1H. The van der Waals surface area contributed by atoms with Gasteiger partial charge in [0.2, 0.25) is 15.9 Å². The number of nitrogens with one attached hydrogen (secondary N) is 2. The van der Waals surface area contributed by atoms with Crippen LogP contribution in [0.15, 0.2) is 23.1 Å². The summed E-state index contributed by atoms with van der Waals surface area (Å²) in [5.41, 5.74) is 5.09. The average molecular weight is 382 g/mol. The minimum absolute atomic E-state index is 0. The predicted molar refractivity (Wildman–Crippen MR) is 95.2 cm³/mol. The van der Waals surface area contributed by atoms with Gasteiger partial charge in [0.15, 0.2) is 0 Å². The van der Waals surface area contributed by atoms with Gasteiger partial charge in [0.1, 0.15) is 10.7 Å². The van der Waals surface area contributed by atoms with Crippen LogP contribution in [0.4, 0.5) is 10.1 Å². The summed E-state index contributed by atoms with van der Waals surface area (Å²) in [7, 11) is -4.04. The van der Waals surface area contributed by atoms with Crippen molar-refractivity contribution in [2.45, 2.75) is 51.1 Å². The molecule has 0 aromatic heterocycles. The fourth-order valence-electron chi connectivity index (χ4n) is 1.74. The molecule has 4 N–H and O–H groups in total. The Hall–Kier alpha value is -1.22. The van der Waals surface area contributed by atoms with E-state index in [4.69, 9.17) is 5.73 Å². The van der Waals surface area contributed by atoms with E-state index in [1.165, 1.54) is 6.07 Å². The quantitative estimate of drug-likeness (QED) is 0.727. The highest BCUT2D eigenvalue weighted by Gasteiger charge is 2.26. The first-order valence-corrected chi connectivity index (χ1v) is 8.72. The van der Waals surface area contributed by atoms with Crippen LogP contribution < -0.4 is 15.8 Å². The number of hydrogen-bond donors (Lipinski definition) is 3. The number of nitrogens with two attached hydrogens (primary N) is 1. The first-order valence-electron chi connectivity index (χ1n) is 7.23. The van der Waals surface area contributed by atoms with Gasteiger partial charge in [-0.1, -0.05) is 6.92 Å². The predicted octanol–water partition coefficient (Wildman–Crippen LogP) is 2.25. The molecule has 2 atom stereocenters. The van der Waals surface area contributed by atoms with Crippen LogP contribution in [0.3, 0.4) is 0 Å². The van der Waals surface area contributed by atoms with E-state index in [2.05, 4.69) is 10.0 Å². The monoisotopic (exact) mass is 381 g/mol. The fraction of sp³-hybridized carbons (Fsp3) is 0.533. The average Bonchev–Trinajstić information content (AvgIpc) is 2.36. The summed E-state index contributed by atoms with van der Waals surface area (Å²) in [5, 5.41) is 2.55. The van der Waals surface area contributed by atoms with Crippen molar-refractivity contribution in [3.05, 3.63) is 24.0 Å². The van der Waals surface area contributed by atoms with E-state index in [-0.39, 0.29) is 30.0 Å². The molecule has 0 aliphatic rings. The number of sulfonamides is 1. The molecule has 0 saturated heterocycles. The Labute approximate surface area is 148 Å². The normalized spacial score (nSPS) is 14.5. The van der Waals surface area contributed by atoms with Crippen molar-refractivity contribution in [2.24, 2.45) is 11.7 Å². The third-order valence-electron chi connectivity index (χ3n) is 3.13. The highest BCUT2D eigenvalue weighted by molar-refractivity contribution is 7.89. The van der Waals surface area contributed by atoms with Gasteiger partial charge >= 0.3 is 0 Å². The molecule has 0 spiro atoms. The van der Waals surface area contributed by atoms with Gasteiger partial charge in [0.05, 0.1) is 5.92 Å². The summed E-state index contributed by atoms with van der Waals surface area (Å²) in [6.45, 7) is 8.30. The summed E-state index contributed by atoms with van der Waals surface area (Å²) in [4.78, 5) is 11.5. The molecular weight excluding hydrogens is 357 g/mol. The SMILES string of the molecule is CC(N)C(C)C(=O)Nc1ccc(F)c(S(=O)(=O)NC(C)(C)C)c1.Cl. The Bertz CT molecular complexity index is 688. The van der Waals surface area contributed by atoms with E-state index in [1.807, 2.05) is 0 Å². The molecule has 2 unspecified atom stereocenters. The second-order valence-electron chi connectivity index (χ2n) is 6.64. The van der Waals surface area contributed by atoms with Gasteiger partial charge in [-0.15, -0.1) is 12.4 Å². The Morgan fingerprint density at radius 2 is 1.79 bits per heavy atom. The van der Waals surface area contributed by atoms with Crippen LogP contribution in [0.25, 0.3) is 0 Å². The Kier molecular flexibility index (Phi) is 7.82. The minimum atomic E-state index is -4.04. The van der Waals surface area contributed by atoms with Crippen LogP contribution in [0.2, 0.25) is 0 Å². The van der Waals surface area contributed by atoms with E-state index in [9.17, 15) is 17.6 Å². The molecule has 1 amide bonds. The molecule has 138 valence electrons. The van der Waals surface area contributed by atoms with Crippen molar-refractivity contribution in [1.29, 1.82) is 0 Å². The number of halogens is 2.